The maximum Gasteiger partial charge on any atom is 0.232 e. The molecule has 1 aromatic heterocycles. The summed E-state index contributed by atoms with van der Waals surface area (Å²) in [6.45, 7) is 0. The van der Waals surface area contributed by atoms with Gasteiger partial charge in [0.2, 0.25) is 5.89 Å². The Morgan fingerprint density at radius 3 is 2.84 bits per heavy atom. The number of nitrogens with two attached hydrogens (primary N) is 1. The van der Waals surface area contributed by atoms with Gasteiger partial charge in [-0.25, -0.2) is 9.37 Å². The summed E-state index contributed by atoms with van der Waals surface area (Å²) in [7, 11) is 1.57. The van der Waals surface area contributed by atoms with E-state index in [9.17, 15) is 4.39 Å². The predicted molar refractivity (Wildman–Crippen MR) is 70.4 cm³/mol. The maximum absolute atomic E-state index is 13.8. The molecule has 96 valence electrons. The van der Waals surface area contributed by atoms with E-state index in [0.717, 1.165) is 0 Å². The summed E-state index contributed by atoms with van der Waals surface area (Å²) in [5, 5.41) is 0. The number of aromatic nitrogens is 1. The van der Waals surface area contributed by atoms with Crippen molar-refractivity contribution in [2.24, 2.45) is 0 Å². The van der Waals surface area contributed by atoms with Gasteiger partial charge in [0.1, 0.15) is 17.1 Å². The van der Waals surface area contributed by atoms with Gasteiger partial charge in [0.25, 0.3) is 0 Å². The van der Waals surface area contributed by atoms with E-state index in [0.29, 0.717) is 22.5 Å². The fourth-order valence-corrected chi connectivity index (χ4v) is 1.91. The molecule has 0 bridgehead atoms. The fraction of sp³-hybridized carbons (Fsp3) is 0.0714. The van der Waals surface area contributed by atoms with E-state index in [1.54, 1.807) is 37.4 Å². The van der Waals surface area contributed by atoms with Crippen molar-refractivity contribution >= 4 is 16.8 Å². The molecule has 3 aromatic rings. The first-order valence-electron chi connectivity index (χ1n) is 5.68. The van der Waals surface area contributed by atoms with Crippen molar-refractivity contribution in [2.45, 2.75) is 0 Å². The second-order valence-electron chi connectivity index (χ2n) is 4.06. The molecule has 0 aliphatic rings. The number of anilines is 1. The summed E-state index contributed by atoms with van der Waals surface area (Å²) < 4.78 is 24.4. The Morgan fingerprint density at radius 2 is 2.11 bits per heavy atom. The first-order valence-corrected chi connectivity index (χ1v) is 5.68. The van der Waals surface area contributed by atoms with E-state index >= 15 is 0 Å². The van der Waals surface area contributed by atoms with Crippen LogP contribution in [0.25, 0.3) is 22.6 Å². The van der Waals surface area contributed by atoms with Crippen LogP contribution in [-0.4, -0.2) is 12.1 Å². The normalized spacial score (nSPS) is 10.8. The minimum absolute atomic E-state index is 0.166. The van der Waals surface area contributed by atoms with Gasteiger partial charge in [0.05, 0.1) is 12.7 Å². The van der Waals surface area contributed by atoms with Gasteiger partial charge in [0.15, 0.2) is 5.58 Å². The van der Waals surface area contributed by atoms with Crippen molar-refractivity contribution in [3.8, 4) is 17.2 Å². The third kappa shape index (κ3) is 1.89. The minimum atomic E-state index is -0.460. The Kier molecular flexibility index (Phi) is 2.59. The molecule has 0 unspecified atom stereocenters. The Bertz CT molecular complexity index is 732. The molecule has 0 saturated heterocycles. The molecule has 0 radical (unpaired) electrons. The molecule has 0 atom stereocenters. The first-order chi connectivity index (χ1) is 9.19. The van der Waals surface area contributed by atoms with Crippen molar-refractivity contribution in [3.05, 3.63) is 42.2 Å². The molecule has 0 amide bonds. The monoisotopic (exact) mass is 258 g/mol. The fourth-order valence-electron chi connectivity index (χ4n) is 1.91. The Morgan fingerprint density at radius 1 is 1.26 bits per heavy atom. The Hall–Kier alpha value is -2.56. The molecule has 0 saturated carbocycles. The Balaban J connectivity index is 2.21. The van der Waals surface area contributed by atoms with Crippen molar-refractivity contribution in [3.63, 3.8) is 0 Å². The molecule has 1 heterocycles. The third-order valence-electron chi connectivity index (χ3n) is 2.85. The predicted octanol–water partition coefficient (Wildman–Crippen LogP) is 3.22. The van der Waals surface area contributed by atoms with Gasteiger partial charge >= 0.3 is 0 Å². The van der Waals surface area contributed by atoms with Crippen LogP contribution in [0.2, 0.25) is 0 Å². The highest BCUT2D eigenvalue weighted by atomic mass is 19.1. The lowest BCUT2D eigenvalue weighted by Gasteiger charge is -2.01. The largest absolute Gasteiger partial charge is 0.497 e. The second-order valence-corrected chi connectivity index (χ2v) is 4.06. The van der Waals surface area contributed by atoms with Gasteiger partial charge in [-0.1, -0.05) is 6.07 Å². The lowest BCUT2D eigenvalue weighted by molar-refractivity contribution is 0.415. The number of oxazole rings is 1. The number of halogens is 1. The van der Waals surface area contributed by atoms with Crippen LogP contribution in [0.4, 0.5) is 10.1 Å². The molecular formula is C14H11FN2O2. The van der Waals surface area contributed by atoms with Gasteiger partial charge in [0, 0.05) is 11.8 Å². The molecule has 2 N–H and O–H groups in total. The topological polar surface area (TPSA) is 61.3 Å². The Labute approximate surface area is 108 Å². The van der Waals surface area contributed by atoms with Crippen LogP contribution in [0, 0.1) is 5.82 Å². The number of fused-ring (bicyclic) bond motifs is 1. The minimum Gasteiger partial charge on any atom is -0.497 e. The summed E-state index contributed by atoms with van der Waals surface area (Å²) in [5.41, 5.74) is 7.38. The third-order valence-corrected chi connectivity index (χ3v) is 2.85. The second kappa shape index (κ2) is 4.28. The van der Waals surface area contributed by atoms with Crippen molar-refractivity contribution in [1.29, 1.82) is 0 Å². The molecule has 3 rings (SSSR count). The summed E-state index contributed by atoms with van der Waals surface area (Å²) in [4.78, 5) is 4.25. The molecule has 2 aromatic carbocycles. The number of benzene rings is 2. The molecule has 0 aliphatic heterocycles. The number of hydrogen-bond donors (Lipinski definition) is 1. The number of ether oxygens (including phenoxy) is 1. The van der Waals surface area contributed by atoms with E-state index in [1.165, 1.54) is 6.07 Å². The van der Waals surface area contributed by atoms with Crippen LogP contribution in [0.15, 0.2) is 40.8 Å². The maximum atomic E-state index is 13.8. The lowest BCUT2D eigenvalue weighted by atomic mass is 10.1. The van der Waals surface area contributed by atoms with Crippen molar-refractivity contribution < 1.29 is 13.5 Å². The van der Waals surface area contributed by atoms with Gasteiger partial charge in [-0.2, -0.15) is 0 Å². The molecule has 0 fully saturated rings. The number of rotatable bonds is 2. The van der Waals surface area contributed by atoms with Gasteiger partial charge in [-0.05, 0) is 24.3 Å². The first kappa shape index (κ1) is 11.5. The summed E-state index contributed by atoms with van der Waals surface area (Å²) in [6.07, 6.45) is 0. The van der Waals surface area contributed by atoms with E-state index in [2.05, 4.69) is 4.98 Å². The standard InChI is InChI=1S/C14H11FN2O2/c1-18-8-5-6-12-11(7-8)17-14(19-12)13-9(15)3-2-4-10(13)16/h2-7H,16H2,1H3. The average Bonchev–Trinajstić information content (AvgIpc) is 2.80. The van der Waals surface area contributed by atoms with Crippen molar-refractivity contribution in [2.75, 3.05) is 12.8 Å². The van der Waals surface area contributed by atoms with Gasteiger partial charge < -0.3 is 14.9 Å². The summed E-state index contributed by atoms with van der Waals surface area (Å²) in [5.74, 6) is 0.367. The number of nitrogen functional groups attached to an aromatic ring is 1. The molecule has 4 nitrogen and oxygen atoms in total. The van der Waals surface area contributed by atoms with Gasteiger partial charge in [-0.15, -0.1) is 0 Å². The van der Waals surface area contributed by atoms with Gasteiger partial charge in [-0.3, -0.25) is 0 Å². The highest BCUT2D eigenvalue weighted by molar-refractivity contribution is 5.80. The van der Waals surface area contributed by atoms with Crippen LogP contribution < -0.4 is 10.5 Å². The molecular weight excluding hydrogens is 247 g/mol. The highest BCUT2D eigenvalue weighted by Gasteiger charge is 2.15. The van der Waals surface area contributed by atoms with Crippen LogP contribution in [0.3, 0.4) is 0 Å². The van der Waals surface area contributed by atoms with Crippen LogP contribution in [0.1, 0.15) is 0 Å². The zero-order valence-corrected chi connectivity index (χ0v) is 10.2. The van der Waals surface area contributed by atoms with E-state index in [1.807, 2.05) is 0 Å². The molecule has 19 heavy (non-hydrogen) atoms. The molecule has 5 heteroatoms. The summed E-state index contributed by atoms with van der Waals surface area (Å²) in [6, 6.07) is 9.66. The highest BCUT2D eigenvalue weighted by Crippen LogP contribution is 2.31. The quantitative estimate of drug-likeness (QED) is 0.717. The van der Waals surface area contributed by atoms with Crippen LogP contribution in [0.5, 0.6) is 5.75 Å². The van der Waals surface area contributed by atoms with E-state index in [4.69, 9.17) is 14.9 Å². The molecule has 0 aliphatic carbocycles. The van der Waals surface area contributed by atoms with Crippen LogP contribution >= 0.6 is 0 Å². The number of nitrogens with zero attached hydrogens (tertiary/aromatic N) is 1. The zero-order chi connectivity index (χ0) is 13.4. The smallest absolute Gasteiger partial charge is 0.232 e. The zero-order valence-electron chi connectivity index (χ0n) is 10.2. The average molecular weight is 258 g/mol. The summed E-state index contributed by atoms with van der Waals surface area (Å²) >= 11 is 0. The van der Waals surface area contributed by atoms with Crippen LogP contribution in [-0.2, 0) is 0 Å². The number of hydrogen-bond acceptors (Lipinski definition) is 4. The SMILES string of the molecule is COc1ccc2oc(-c3c(N)cccc3F)nc2c1. The number of methoxy groups -OCH3 is 1. The van der Waals surface area contributed by atoms with E-state index < -0.39 is 5.82 Å². The lowest BCUT2D eigenvalue weighted by Crippen LogP contribution is -1.93. The van der Waals surface area contributed by atoms with E-state index in [-0.39, 0.29) is 11.5 Å². The molecule has 0 spiro atoms. The van der Waals surface area contributed by atoms with Crippen molar-refractivity contribution in [1.82, 2.24) is 4.98 Å².